The van der Waals surface area contributed by atoms with Gasteiger partial charge in [-0.3, -0.25) is 9.59 Å². The van der Waals surface area contributed by atoms with Crippen molar-refractivity contribution in [1.82, 2.24) is 10.2 Å². The molecule has 1 aliphatic heterocycles. The van der Waals surface area contributed by atoms with E-state index in [1.54, 1.807) is 0 Å². The van der Waals surface area contributed by atoms with Crippen molar-refractivity contribution in [2.24, 2.45) is 0 Å². The molecule has 4 heteroatoms. The molecule has 2 amide bonds. The van der Waals surface area contributed by atoms with E-state index in [-0.39, 0.29) is 17.9 Å². The lowest BCUT2D eigenvalue weighted by Gasteiger charge is -2.19. The SMILES string of the molecule is CCC(NC(=O)c1ccc(CN2CCCC2=O)cc1)c1ccc(C)c(C)c1. The summed E-state index contributed by atoms with van der Waals surface area (Å²) in [5.41, 5.74) is 5.34. The van der Waals surface area contributed by atoms with Crippen molar-refractivity contribution < 1.29 is 9.59 Å². The summed E-state index contributed by atoms with van der Waals surface area (Å²) in [6, 6.07) is 13.9. The second-order valence-corrected chi connectivity index (χ2v) is 7.39. The van der Waals surface area contributed by atoms with E-state index < -0.39 is 0 Å². The molecule has 142 valence electrons. The molecule has 27 heavy (non-hydrogen) atoms. The first-order chi connectivity index (χ1) is 13.0. The fraction of sp³-hybridized carbons (Fsp3) is 0.391. The van der Waals surface area contributed by atoms with E-state index in [0.29, 0.717) is 18.5 Å². The molecule has 2 aromatic carbocycles. The van der Waals surface area contributed by atoms with Gasteiger partial charge in [-0.05, 0) is 61.1 Å². The second kappa shape index (κ2) is 8.38. The molecule has 0 aliphatic carbocycles. The van der Waals surface area contributed by atoms with Gasteiger partial charge in [-0.2, -0.15) is 0 Å². The van der Waals surface area contributed by atoms with Crippen LogP contribution in [0.3, 0.4) is 0 Å². The van der Waals surface area contributed by atoms with Crippen molar-refractivity contribution in [3.8, 4) is 0 Å². The average Bonchev–Trinajstić information content (AvgIpc) is 3.07. The molecule has 1 unspecified atom stereocenters. The maximum atomic E-state index is 12.7. The van der Waals surface area contributed by atoms with Crippen LogP contribution in [0.15, 0.2) is 42.5 Å². The summed E-state index contributed by atoms with van der Waals surface area (Å²) in [7, 11) is 0. The van der Waals surface area contributed by atoms with E-state index in [9.17, 15) is 9.59 Å². The van der Waals surface area contributed by atoms with Gasteiger partial charge in [-0.25, -0.2) is 0 Å². The minimum absolute atomic E-state index is 0.00121. The van der Waals surface area contributed by atoms with Gasteiger partial charge in [0.05, 0.1) is 6.04 Å². The highest BCUT2D eigenvalue weighted by Crippen LogP contribution is 2.21. The van der Waals surface area contributed by atoms with Gasteiger partial charge in [0.2, 0.25) is 5.91 Å². The van der Waals surface area contributed by atoms with E-state index in [1.165, 1.54) is 11.1 Å². The number of rotatable bonds is 6. The quantitative estimate of drug-likeness (QED) is 0.830. The van der Waals surface area contributed by atoms with Crippen molar-refractivity contribution >= 4 is 11.8 Å². The molecule has 1 fully saturated rings. The summed E-state index contributed by atoms with van der Waals surface area (Å²) >= 11 is 0. The summed E-state index contributed by atoms with van der Waals surface area (Å²) in [5.74, 6) is 0.153. The zero-order valence-electron chi connectivity index (χ0n) is 16.4. The van der Waals surface area contributed by atoms with E-state index in [0.717, 1.165) is 30.5 Å². The van der Waals surface area contributed by atoms with Crippen LogP contribution < -0.4 is 5.32 Å². The molecule has 3 rings (SSSR count). The number of carbonyl (C=O) groups excluding carboxylic acids is 2. The smallest absolute Gasteiger partial charge is 0.251 e. The first-order valence-electron chi connectivity index (χ1n) is 9.72. The van der Waals surface area contributed by atoms with Crippen LogP contribution in [0.1, 0.15) is 64.8 Å². The Hall–Kier alpha value is -2.62. The van der Waals surface area contributed by atoms with E-state index >= 15 is 0 Å². The van der Waals surface area contributed by atoms with Crippen LogP contribution in [0.5, 0.6) is 0 Å². The molecule has 1 saturated heterocycles. The van der Waals surface area contributed by atoms with E-state index in [2.05, 4.69) is 44.3 Å². The molecule has 1 N–H and O–H groups in total. The van der Waals surface area contributed by atoms with Gasteiger partial charge in [-0.1, -0.05) is 37.3 Å². The highest BCUT2D eigenvalue weighted by atomic mass is 16.2. The Morgan fingerprint density at radius 2 is 1.85 bits per heavy atom. The van der Waals surface area contributed by atoms with Crippen molar-refractivity contribution in [2.45, 2.75) is 52.6 Å². The number of nitrogens with zero attached hydrogens (tertiary/aromatic N) is 1. The first kappa shape index (κ1) is 19.2. The second-order valence-electron chi connectivity index (χ2n) is 7.39. The van der Waals surface area contributed by atoms with Crippen molar-refractivity contribution in [3.05, 3.63) is 70.3 Å². The Kier molecular flexibility index (Phi) is 5.94. The molecule has 1 aliphatic rings. The Balaban J connectivity index is 1.65. The van der Waals surface area contributed by atoms with Crippen LogP contribution >= 0.6 is 0 Å². The standard InChI is InChI=1S/C23H28N2O2/c1-4-21(20-10-7-16(2)17(3)14-20)24-23(27)19-11-8-18(9-12-19)15-25-13-5-6-22(25)26/h7-12,14,21H,4-6,13,15H2,1-3H3,(H,24,27). The fourth-order valence-electron chi connectivity index (χ4n) is 3.50. The van der Waals surface area contributed by atoms with Crippen molar-refractivity contribution in [3.63, 3.8) is 0 Å². The third kappa shape index (κ3) is 4.57. The monoisotopic (exact) mass is 364 g/mol. The van der Waals surface area contributed by atoms with Gasteiger partial charge in [0.15, 0.2) is 0 Å². The van der Waals surface area contributed by atoms with Gasteiger partial charge in [0.25, 0.3) is 5.91 Å². The summed E-state index contributed by atoms with van der Waals surface area (Å²) < 4.78 is 0. The number of hydrogen-bond donors (Lipinski definition) is 1. The van der Waals surface area contributed by atoms with Gasteiger partial charge in [-0.15, -0.1) is 0 Å². The Bertz CT molecular complexity index is 827. The van der Waals surface area contributed by atoms with E-state index in [4.69, 9.17) is 0 Å². The van der Waals surface area contributed by atoms with Gasteiger partial charge in [0.1, 0.15) is 0 Å². The van der Waals surface area contributed by atoms with Gasteiger partial charge < -0.3 is 10.2 Å². The molecule has 0 radical (unpaired) electrons. The number of nitrogens with one attached hydrogen (secondary N) is 1. The maximum absolute atomic E-state index is 12.7. The number of amides is 2. The molecule has 0 saturated carbocycles. The Morgan fingerprint density at radius 3 is 2.44 bits per heavy atom. The van der Waals surface area contributed by atoms with Crippen LogP contribution in [0.25, 0.3) is 0 Å². The summed E-state index contributed by atoms with van der Waals surface area (Å²) in [4.78, 5) is 26.3. The largest absolute Gasteiger partial charge is 0.345 e. The molecule has 1 atom stereocenters. The highest BCUT2D eigenvalue weighted by molar-refractivity contribution is 5.94. The lowest BCUT2D eigenvalue weighted by Crippen LogP contribution is -2.28. The van der Waals surface area contributed by atoms with Crippen LogP contribution in [0.2, 0.25) is 0 Å². The average molecular weight is 364 g/mol. The maximum Gasteiger partial charge on any atom is 0.251 e. The molecule has 4 nitrogen and oxygen atoms in total. The summed E-state index contributed by atoms with van der Waals surface area (Å²) in [6.07, 6.45) is 2.43. The van der Waals surface area contributed by atoms with Crippen LogP contribution in [0, 0.1) is 13.8 Å². The first-order valence-corrected chi connectivity index (χ1v) is 9.72. The molecule has 0 bridgehead atoms. The van der Waals surface area contributed by atoms with Gasteiger partial charge >= 0.3 is 0 Å². The van der Waals surface area contributed by atoms with Crippen LogP contribution in [-0.4, -0.2) is 23.3 Å². The molecule has 2 aromatic rings. The van der Waals surface area contributed by atoms with Gasteiger partial charge in [0, 0.05) is 25.1 Å². The normalized spacial score (nSPS) is 15.1. The minimum atomic E-state index is -0.0659. The predicted octanol–water partition coefficient (Wildman–Crippen LogP) is 4.31. The molecule has 1 heterocycles. The Morgan fingerprint density at radius 1 is 1.11 bits per heavy atom. The number of hydrogen-bond acceptors (Lipinski definition) is 2. The summed E-state index contributed by atoms with van der Waals surface area (Å²) in [6.45, 7) is 7.72. The summed E-state index contributed by atoms with van der Waals surface area (Å²) in [5, 5.41) is 3.14. The van der Waals surface area contributed by atoms with Crippen LogP contribution in [-0.2, 0) is 11.3 Å². The van der Waals surface area contributed by atoms with Crippen molar-refractivity contribution in [1.29, 1.82) is 0 Å². The number of benzene rings is 2. The number of carbonyl (C=O) groups is 2. The highest BCUT2D eigenvalue weighted by Gasteiger charge is 2.20. The van der Waals surface area contributed by atoms with Crippen LogP contribution in [0.4, 0.5) is 0 Å². The minimum Gasteiger partial charge on any atom is -0.345 e. The van der Waals surface area contributed by atoms with Crippen molar-refractivity contribution in [2.75, 3.05) is 6.54 Å². The topological polar surface area (TPSA) is 49.4 Å². The molecular formula is C23H28N2O2. The third-order valence-corrected chi connectivity index (χ3v) is 5.41. The third-order valence-electron chi connectivity index (χ3n) is 5.41. The Labute approximate surface area is 161 Å². The molecular weight excluding hydrogens is 336 g/mol. The number of aryl methyl sites for hydroxylation is 2. The zero-order valence-corrected chi connectivity index (χ0v) is 16.4. The lowest BCUT2D eigenvalue weighted by molar-refractivity contribution is -0.128. The molecule has 0 aromatic heterocycles. The fourth-order valence-corrected chi connectivity index (χ4v) is 3.50. The van der Waals surface area contributed by atoms with E-state index in [1.807, 2.05) is 29.2 Å². The predicted molar refractivity (Wildman–Crippen MR) is 108 cm³/mol. The number of likely N-dealkylation sites (tertiary alicyclic amines) is 1. The lowest BCUT2D eigenvalue weighted by atomic mass is 9.99. The zero-order chi connectivity index (χ0) is 19.4. The molecule has 0 spiro atoms.